The average Bonchev–Trinajstić information content (AvgIpc) is 2.06. The molecule has 64 valence electrons. The zero-order valence-electron chi connectivity index (χ0n) is 6.71. The van der Waals surface area contributed by atoms with Crippen LogP contribution < -0.4 is 0 Å². The lowest BCUT2D eigenvalue weighted by molar-refractivity contribution is -0.141. The molecule has 3 nitrogen and oxygen atoms in total. The highest BCUT2D eigenvalue weighted by Crippen LogP contribution is 2.08. The molecule has 0 bridgehead atoms. The summed E-state index contributed by atoms with van der Waals surface area (Å²) in [6.07, 6.45) is 0. The highest BCUT2D eigenvalue weighted by Gasteiger charge is 2.13. The van der Waals surface area contributed by atoms with Crippen LogP contribution in [-0.2, 0) is 9.53 Å². The quantitative estimate of drug-likeness (QED) is 0.561. The van der Waals surface area contributed by atoms with Gasteiger partial charge in [-0.1, -0.05) is 0 Å². The Kier molecular flexibility index (Phi) is 3.72. The van der Waals surface area contributed by atoms with E-state index < -0.39 is 0 Å². The topological polar surface area (TPSA) is 29.5 Å². The van der Waals surface area contributed by atoms with E-state index in [0.29, 0.717) is 6.54 Å². The minimum atomic E-state index is -0.128. The SMILES string of the molecule is COC(=O)CN1CCSCC1. The number of ether oxygens (including phenoxy) is 1. The van der Waals surface area contributed by atoms with Crippen LogP contribution in [0.5, 0.6) is 0 Å². The normalized spacial score (nSPS) is 19.7. The van der Waals surface area contributed by atoms with Gasteiger partial charge in [-0.25, -0.2) is 0 Å². The van der Waals surface area contributed by atoms with Crippen LogP contribution in [0.1, 0.15) is 0 Å². The van der Waals surface area contributed by atoms with Crippen LogP contribution in [0.2, 0.25) is 0 Å². The van der Waals surface area contributed by atoms with E-state index in [1.54, 1.807) is 0 Å². The Labute approximate surface area is 71.1 Å². The second-order valence-corrected chi connectivity index (χ2v) is 3.69. The van der Waals surface area contributed by atoms with Crippen molar-refractivity contribution in [2.75, 3.05) is 38.2 Å². The minimum absolute atomic E-state index is 0.128. The summed E-state index contributed by atoms with van der Waals surface area (Å²) in [4.78, 5) is 12.9. The molecule has 0 radical (unpaired) electrons. The first kappa shape index (κ1) is 8.87. The lowest BCUT2D eigenvalue weighted by Gasteiger charge is -2.24. The molecule has 0 aromatic carbocycles. The minimum Gasteiger partial charge on any atom is -0.468 e. The Morgan fingerprint density at radius 1 is 1.55 bits per heavy atom. The predicted octanol–water partition coefficient (Wildman–Crippen LogP) is 0.208. The Hall–Kier alpha value is -0.220. The van der Waals surface area contributed by atoms with Crippen LogP contribution >= 0.6 is 11.8 Å². The molecule has 1 saturated heterocycles. The van der Waals surface area contributed by atoms with Crippen LogP contribution in [0.15, 0.2) is 0 Å². The van der Waals surface area contributed by atoms with Crippen molar-refractivity contribution in [2.45, 2.75) is 0 Å². The Morgan fingerprint density at radius 2 is 2.18 bits per heavy atom. The molecule has 0 amide bonds. The summed E-state index contributed by atoms with van der Waals surface area (Å²) < 4.78 is 4.57. The summed E-state index contributed by atoms with van der Waals surface area (Å²) >= 11 is 1.94. The fourth-order valence-electron chi connectivity index (χ4n) is 1.01. The zero-order valence-corrected chi connectivity index (χ0v) is 7.52. The first-order valence-corrected chi connectivity index (χ1v) is 4.85. The lowest BCUT2D eigenvalue weighted by Crippen LogP contribution is -2.37. The second kappa shape index (κ2) is 4.62. The van der Waals surface area contributed by atoms with Gasteiger partial charge in [0.25, 0.3) is 0 Å². The second-order valence-electron chi connectivity index (χ2n) is 2.46. The van der Waals surface area contributed by atoms with E-state index in [4.69, 9.17) is 0 Å². The van der Waals surface area contributed by atoms with Crippen LogP contribution in [0.4, 0.5) is 0 Å². The van der Waals surface area contributed by atoms with Gasteiger partial charge in [0.1, 0.15) is 0 Å². The van der Waals surface area contributed by atoms with Crippen molar-refractivity contribution in [3.8, 4) is 0 Å². The monoisotopic (exact) mass is 175 g/mol. The van der Waals surface area contributed by atoms with Gasteiger partial charge in [-0.15, -0.1) is 0 Å². The van der Waals surface area contributed by atoms with E-state index >= 15 is 0 Å². The van der Waals surface area contributed by atoms with Crippen LogP contribution in [-0.4, -0.2) is 49.1 Å². The fraction of sp³-hybridized carbons (Fsp3) is 0.857. The smallest absolute Gasteiger partial charge is 0.319 e. The fourth-order valence-corrected chi connectivity index (χ4v) is 1.99. The molecule has 1 fully saturated rings. The van der Waals surface area contributed by atoms with Gasteiger partial charge < -0.3 is 4.74 Å². The highest BCUT2D eigenvalue weighted by atomic mass is 32.2. The van der Waals surface area contributed by atoms with E-state index in [0.717, 1.165) is 24.6 Å². The molecule has 11 heavy (non-hydrogen) atoms. The summed E-state index contributed by atoms with van der Waals surface area (Å²) in [5.74, 6) is 2.14. The van der Waals surface area contributed by atoms with E-state index in [9.17, 15) is 4.79 Å². The number of rotatable bonds is 2. The number of nitrogens with zero attached hydrogens (tertiary/aromatic N) is 1. The van der Waals surface area contributed by atoms with Crippen LogP contribution in [0.3, 0.4) is 0 Å². The number of hydrogen-bond donors (Lipinski definition) is 0. The van der Waals surface area contributed by atoms with Crippen molar-refractivity contribution >= 4 is 17.7 Å². The van der Waals surface area contributed by atoms with E-state index in [1.165, 1.54) is 7.11 Å². The zero-order chi connectivity index (χ0) is 8.10. The van der Waals surface area contributed by atoms with Crippen molar-refractivity contribution in [1.29, 1.82) is 0 Å². The maximum Gasteiger partial charge on any atom is 0.319 e. The molecule has 0 unspecified atom stereocenters. The Morgan fingerprint density at radius 3 is 2.73 bits per heavy atom. The maximum atomic E-state index is 10.8. The molecule has 0 aliphatic carbocycles. The highest BCUT2D eigenvalue weighted by molar-refractivity contribution is 7.99. The van der Waals surface area contributed by atoms with Crippen molar-refractivity contribution in [1.82, 2.24) is 4.90 Å². The molecular weight excluding hydrogens is 162 g/mol. The van der Waals surface area contributed by atoms with Crippen molar-refractivity contribution < 1.29 is 9.53 Å². The predicted molar refractivity (Wildman–Crippen MR) is 45.8 cm³/mol. The first-order valence-electron chi connectivity index (χ1n) is 3.70. The Bertz CT molecular complexity index is 134. The van der Waals surface area contributed by atoms with Gasteiger partial charge in [0.2, 0.25) is 0 Å². The molecule has 1 aliphatic heterocycles. The van der Waals surface area contributed by atoms with Gasteiger partial charge in [0.15, 0.2) is 0 Å². The van der Waals surface area contributed by atoms with Crippen LogP contribution in [0.25, 0.3) is 0 Å². The molecule has 4 heteroatoms. The molecular formula is C7H13NO2S. The van der Waals surface area contributed by atoms with Gasteiger partial charge in [0.05, 0.1) is 13.7 Å². The number of methoxy groups -OCH3 is 1. The molecule has 0 saturated carbocycles. The molecule has 0 spiro atoms. The third-order valence-corrected chi connectivity index (χ3v) is 2.63. The number of esters is 1. The van der Waals surface area contributed by atoms with Crippen molar-refractivity contribution in [3.63, 3.8) is 0 Å². The van der Waals surface area contributed by atoms with Crippen LogP contribution in [0, 0.1) is 0 Å². The third-order valence-electron chi connectivity index (χ3n) is 1.68. The van der Waals surface area contributed by atoms with Gasteiger partial charge in [-0.2, -0.15) is 11.8 Å². The van der Waals surface area contributed by atoms with Gasteiger partial charge in [-0.05, 0) is 0 Å². The van der Waals surface area contributed by atoms with Gasteiger partial charge >= 0.3 is 5.97 Å². The van der Waals surface area contributed by atoms with E-state index in [-0.39, 0.29) is 5.97 Å². The molecule has 0 aromatic rings. The van der Waals surface area contributed by atoms with Gasteiger partial charge in [0, 0.05) is 24.6 Å². The summed E-state index contributed by atoms with van der Waals surface area (Å²) in [7, 11) is 1.43. The molecule has 1 rings (SSSR count). The maximum absolute atomic E-state index is 10.8. The molecule has 0 atom stereocenters. The van der Waals surface area contributed by atoms with Gasteiger partial charge in [-0.3, -0.25) is 9.69 Å². The standard InChI is InChI=1S/C7H13NO2S/c1-10-7(9)6-8-2-4-11-5-3-8/h2-6H2,1H3. The average molecular weight is 175 g/mol. The lowest BCUT2D eigenvalue weighted by atomic mass is 10.4. The molecule has 1 aliphatic rings. The summed E-state index contributed by atoms with van der Waals surface area (Å²) in [5, 5.41) is 0. The third kappa shape index (κ3) is 3.12. The van der Waals surface area contributed by atoms with Crippen molar-refractivity contribution in [2.24, 2.45) is 0 Å². The van der Waals surface area contributed by atoms with Crippen molar-refractivity contribution in [3.05, 3.63) is 0 Å². The van der Waals surface area contributed by atoms with E-state index in [1.807, 2.05) is 11.8 Å². The summed E-state index contributed by atoms with van der Waals surface area (Å²) in [6.45, 7) is 2.48. The molecule has 0 N–H and O–H groups in total. The molecule has 1 heterocycles. The largest absolute Gasteiger partial charge is 0.468 e. The number of carbonyl (C=O) groups is 1. The summed E-state index contributed by atoms with van der Waals surface area (Å²) in [6, 6.07) is 0. The number of carbonyl (C=O) groups excluding carboxylic acids is 1. The van der Waals surface area contributed by atoms with E-state index in [2.05, 4.69) is 9.64 Å². The number of thioether (sulfide) groups is 1. The first-order chi connectivity index (χ1) is 5.33. The summed E-state index contributed by atoms with van der Waals surface area (Å²) in [5.41, 5.74) is 0. The number of hydrogen-bond acceptors (Lipinski definition) is 4. The molecule has 0 aromatic heterocycles. The Balaban J connectivity index is 2.19.